The Morgan fingerprint density at radius 1 is 1.26 bits per heavy atom. The van der Waals surface area contributed by atoms with Gasteiger partial charge in [0.1, 0.15) is 12.0 Å². The lowest BCUT2D eigenvalue weighted by atomic mass is 9.96. The van der Waals surface area contributed by atoms with Crippen LogP contribution in [0.3, 0.4) is 0 Å². The van der Waals surface area contributed by atoms with Gasteiger partial charge in [0.15, 0.2) is 0 Å². The molecule has 0 spiro atoms. The molecule has 2 saturated heterocycles. The number of carbonyl (C=O) groups excluding carboxylic acids is 1. The van der Waals surface area contributed by atoms with Crippen molar-refractivity contribution >= 4 is 5.97 Å². The number of esters is 1. The van der Waals surface area contributed by atoms with Gasteiger partial charge in [-0.1, -0.05) is 30.3 Å². The van der Waals surface area contributed by atoms with E-state index in [9.17, 15) is 9.90 Å². The molecule has 126 valence electrons. The van der Waals surface area contributed by atoms with Crippen molar-refractivity contribution in [1.29, 1.82) is 0 Å². The molecule has 2 aliphatic heterocycles. The first-order valence-corrected chi connectivity index (χ1v) is 8.79. The fourth-order valence-electron chi connectivity index (χ4n) is 4.55. The Bertz CT molecular complexity index is 531. The molecule has 23 heavy (non-hydrogen) atoms. The number of piperidine rings is 1. The number of hydrogen-bond donors (Lipinski definition) is 1. The normalized spacial score (nSPS) is 34.1. The van der Waals surface area contributed by atoms with E-state index in [1.54, 1.807) is 0 Å². The number of carbonyl (C=O) groups is 1. The van der Waals surface area contributed by atoms with Gasteiger partial charge in [0, 0.05) is 25.7 Å². The second-order valence-electron chi connectivity index (χ2n) is 7.22. The maximum Gasteiger partial charge on any atom is 0.316 e. The molecule has 1 aromatic rings. The van der Waals surface area contributed by atoms with Crippen molar-refractivity contribution in [3.8, 4) is 0 Å². The number of benzene rings is 1. The lowest BCUT2D eigenvalue weighted by Crippen LogP contribution is -2.58. The average molecular weight is 318 g/mol. The van der Waals surface area contributed by atoms with Crippen molar-refractivity contribution in [2.24, 2.45) is 0 Å². The number of ether oxygens (including phenoxy) is 1. The molecule has 3 rings (SSSR count). The van der Waals surface area contributed by atoms with E-state index in [1.165, 1.54) is 12.8 Å². The molecule has 2 aliphatic rings. The first kappa shape index (κ1) is 16.5. The highest BCUT2D eigenvalue weighted by molar-refractivity contribution is 5.78. The maximum absolute atomic E-state index is 12.5. The minimum Gasteiger partial charge on any atom is -0.461 e. The molecule has 0 saturated carbocycles. The van der Waals surface area contributed by atoms with E-state index in [0.717, 1.165) is 29.4 Å². The van der Waals surface area contributed by atoms with Gasteiger partial charge in [0.05, 0.1) is 32.3 Å². The van der Waals surface area contributed by atoms with Crippen molar-refractivity contribution < 1.29 is 19.1 Å². The van der Waals surface area contributed by atoms with E-state index in [4.69, 9.17) is 4.74 Å². The molecule has 0 radical (unpaired) electrons. The predicted octanol–water partition coefficient (Wildman–Crippen LogP) is 2.47. The van der Waals surface area contributed by atoms with Crippen molar-refractivity contribution in [1.82, 2.24) is 0 Å². The Kier molecular flexibility index (Phi) is 4.74. The Morgan fingerprint density at radius 2 is 1.87 bits per heavy atom. The van der Waals surface area contributed by atoms with Gasteiger partial charge in [-0.2, -0.15) is 0 Å². The number of aliphatic hydroxyl groups excluding tert-OH is 1. The monoisotopic (exact) mass is 318 g/mol. The number of nitrogens with zero attached hydrogens (tertiary/aromatic N) is 1. The van der Waals surface area contributed by atoms with E-state index in [1.807, 2.05) is 30.3 Å². The molecule has 4 heteroatoms. The zero-order chi connectivity index (χ0) is 16.4. The van der Waals surface area contributed by atoms with E-state index in [2.05, 4.69) is 14.0 Å². The summed E-state index contributed by atoms with van der Waals surface area (Å²) in [5.74, 6) is -0.849. The first-order chi connectivity index (χ1) is 11.1. The molecule has 1 aromatic carbocycles. The Labute approximate surface area is 138 Å². The largest absolute Gasteiger partial charge is 0.461 e. The van der Waals surface area contributed by atoms with E-state index < -0.39 is 5.92 Å². The van der Waals surface area contributed by atoms with Crippen molar-refractivity contribution in [2.75, 3.05) is 20.2 Å². The highest BCUT2D eigenvalue weighted by Gasteiger charge is 2.51. The topological polar surface area (TPSA) is 46.5 Å². The van der Waals surface area contributed by atoms with Gasteiger partial charge in [0.2, 0.25) is 0 Å². The minimum absolute atomic E-state index is 0.00973. The summed E-state index contributed by atoms with van der Waals surface area (Å²) in [6.45, 7) is 3.21. The molecule has 0 amide bonds. The fourth-order valence-corrected chi connectivity index (χ4v) is 4.55. The molecule has 2 unspecified atom stereocenters. The molecule has 0 aromatic heterocycles. The first-order valence-electron chi connectivity index (χ1n) is 8.79. The summed E-state index contributed by atoms with van der Waals surface area (Å²) in [6.07, 6.45) is 4.41. The van der Waals surface area contributed by atoms with Gasteiger partial charge in [-0.15, -0.1) is 0 Å². The Balaban J connectivity index is 1.65. The lowest BCUT2D eigenvalue weighted by molar-refractivity contribution is -0.947. The van der Waals surface area contributed by atoms with Crippen LogP contribution in [0.15, 0.2) is 30.3 Å². The van der Waals surface area contributed by atoms with E-state index >= 15 is 0 Å². The van der Waals surface area contributed by atoms with Crippen LogP contribution in [-0.2, 0) is 9.53 Å². The van der Waals surface area contributed by atoms with Crippen LogP contribution in [0.2, 0.25) is 0 Å². The zero-order valence-electron chi connectivity index (χ0n) is 14.1. The number of quaternary nitrogens is 1. The summed E-state index contributed by atoms with van der Waals surface area (Å²) in [6, 6.07) is 10.6. The van der Waals surface area contributed by atoms with Gasteiger partial charge in [-0.05, 0) is 12.5 Å². The molecule has 1 N–H and O–H groups in total. The molecule has 2 fully saturated rings. The molecule has 4 nitrogen and oxygen atoms in total. The third kappa shape index (κ3) is 3.02. The summed E-state index contributed by atoms with van der Waals surface area (Å²) < 4.78 is 6.94. The van der Waals surface area contributed by atoms with Crippen molar-refractivity contribution in [2.45, 2.75) is 56.7 Å². The highest BCUT2D eigenvalue weighted by atomic mass is 16.5. The quantitative estimate of drug-likeness (QED) is 0.670. The molecule has 2 bridgehead atoms. The minimum atomic E-state index is -0.567. The maximum atomic E-state index is 12.5. The molecule has 2 heterocycles. The van der Waals surface area contributed by atoms with Crippen LogP contribution < -0.4 is 0 Å². The second kappa shape index (κ2) is 6.62. The summed E-state index contributed by atoms with van der Waals surface area (Å²) in [5.41, 5.74) is 0.827. The van der Waals surface area contributed by atoms with Crippen molar-refractivity contribution in [3.63, 3.8) is 0 Å². The lowest BCUT2D eigenvalue weighted by Gasteiger charge is -2.46. The van der Waals surface area contributed by atoms with E-state index in [0.29, 0.717) is 12.1 Å². The zero-order valence-corrected chi connectivity index (χ0v) is 14.1. The molecule has 0 aliphatic carbocycles. The highest BCUT2D eigenvalue weighted by Crippen LogP contribution is 2.42. The third-order valence-corrected chi connectivity index (χ3v) is 6.20. The van der Waals surface area contributed by atoms with Gasteiger partial charge in [0.25, 0.3) is 0 Å². The van der Waals surface area contributed by atoms with Gasteiger partial charge < -0.3 is 14.3 Å². The van der Waals surface area contributed by atoms with Crippen LogP contribution in [-0.4, -0.2) is 53.9 Å². The second-order valence-corrected chi connectivity index (χ2v) is 7.22. The Morgan fingerprint density at radius 3 is 2.39 bits per heavy atom. The van der Waals surface area contributed by atoms with Gasteiger partial charge in [-0.25, -0.2) is 0 Å². The number of fused-ring (bicyclic) bond motifs is 2. The molecule has 3 atom stereocenters. The number of rotatable bonds is 5. The van der Waals surface area contributed by atoms with E-state index in [-0.39, 0.29) is 18.7 Å². The summed E-state index contributed by atoms with van der Waals surface area (Å²) >= 11 is 0. The third-order valence-electron chi connectivity index (χ3n) is 6.20. The standard InChI is InChI=1S/C19H28NO3/c1-3-20(2)15-9-10-16(20)12-17(11-15)23-19(22)18(13-21)14-7-5-4-6-8-14/h4-8,15-18,21H,3,9-13H2,1-2H3/q+1/t15?,16?,17?,18-,20?/m1/s1. The Hall–Kier alpha value is -1.39. The van der Waals surface area contributed by atoms with Crippen LogP contribution in [0, 0.1) is 0 Å². The predicted molar refractivity (Wildman–Crippen MR) is 88.9 cm³/mol. The molecular formula is C19H28NO3+. The van der Waals surface area contributed by atoms with Crippen LogP contribution in [0.25, 0.3) is 0 Å². The van der Waals surface area contributed by atoms with Gasteiger partial charge >= 0.3 is 5.97 Å². The summed E-state index contributed by atoms with van der Waals surface area (Å²) in [7, 11) is 2.35. The smallest absolute Gasteiger partial charge is 0.316 e. The van der Waals surface area contributed by atoms with Crippen LogP contribution in [0.4, 0.5) is 0 Å². The summed E-state index contributed by atoms with van der Waals surface area (Å²) in [4.78, 5) is 12.5. The number of hydrogen-bond acceptors (Lipinski definition) is 3. The SMILES string of the molecule is CC[N+]1(C)C2CCC1CC(OC(=O)[C@H](CO)c1ccccc1)C2. The summed E-state index contributed by atoms with van der Waals surface area (Å²) in [5, 5.41) is 9.61. The molecular weight excluding hydrogens is 290 g/mol. The van der Waals surface area contributed by atoms with Crippen molar-refractivity contribution in [3.05, 3.63) is 35.9 Å². The average Bonchev–Trinajstić information content (AvgIpc) is 2.74. The fraction of sp³-hybridized carbons (Fsp3) is 0.632. The van der Waals surface area contributed by atoms with Gasteiger partial charge in [-0.3, -0.25) is 4.79 Å². The van der Waals surface area contributed by atoms with Crippen LogP contribution in [0.1, 0.15) is 44.1 Å². The van der Waals surface area contributed by atoms with Crippen LogP contribution in [0.5, 0.6) is 0 Å². The number of aliphatic hydroxyl groups is 1. The van der Waals surface area contributed by atoms with Crippen LogP contribution >= 0.6 is 0 Å².